The van der Waals surface area contributed by atoms with E-state index in [1.165, 1.54) is 51.4 Å². The standard InChI is InChI=1S/C16H35NO/c1-5-7-8-9-10-11-12-13-16(17-6-2)14-15(3)18-4/h15-17H,5-14H2,1-4H3. The molecule has 0 aromatic carbocycles. The van der Waals surface area contributed by atoms with Crippen molar-refractivity contribution in [3.05, 3.63) is 0 Å². The topological polar surface area (TPSA) is 21.3 Å². The highest BCUT2D eigenvalue weighted by Crippen LogP contribution is 2.12. The van der Waals surface area contributed by atoms with Crippen molar-refractivity contribution in [2.75, 3.05) is 13.7 Å². The van der Waals surface area contributed by atoms with Gasteiger partial charge in [0, 0.05) is 13.2 Å². The summed E-state index contributed by atoms with van der Waals surface area (Å²) in [5, 5.41) is 3.58. The van der Waals surface area contributed by atoms with E-state index in [-0.39, 0.29) is 0 Å². The molecule has 0 radical (unpaired) electrons. The average Bonchev–Trinajstić information content (AvgIpc) is 2.37. The highest BCUT2D eigenvalue weighted by molar-refractivity contribution is 4.69. The van der Waals surface area contributed by atoms with Gasteiger partial charge in [0.1, 0.15) is 0 Å². The summed E-state index contributed by atoms with van der Waals surface area (Å²) >= 11 is 0. The minimum absolute atomic E-state index is 0.374. The largest absolute Gasteiger partial charge is 0.382 e. The van der Waals surface area contributed by atoms with Gasteiger partial charge in [0.15, 0.2) is 0 Å². The molecule has 0 aliphatic heterocycles. The molecular weight excluding hydrogens is 222 g/mol. The summed E-state index contributed by atoms with van der Waals surface area (Å²) in [5.41, 5.74) is 0. The van der Waals surface area contributed by atoms with Crippen LogP contribution in [0.3, 0.4) is 0 Å². The molecule has 2 heteroatoms. The van der Waals surface area contributed by atoms with Gasteiger partial charge in [-0.2, -0.15) is 0 Å². The van der Waals surface area contributed by atoms with E-state index in [1.54, 1.807) is 7.11 Å². The molecule has 0 fully saturated rings. The van der Waals surface area contributed by atoms with Crippen molar-refractivity contribution >= 4 is 0 Å². The Morgan fingerprint density at radius 2 is 1.56 bits per heavy atom. The zero-order valence-corrected chi connectivity index (χ0v) is 13.1. The monoisotopic (exact) mass is 257 g/mol. The zero-order chi connectivity index (χ0) is 13.6. The highest BCUT2D eigenvalue weighted by atomic mass is 16.5. The minimum atomic E-state index is 0.374. The molecule has 0 aromatic rings. The van der Waals surface area contributed by atoms with Gasteiger partial charge >= 0.3 is 0 Å². The van der Waals surface area contributed by atoms with Crippen LogP contribution in [0.5, 0.6) is 0 Å². The smallest absolute Gasteiger partial charge is 0.0558 e. The first kappa shape index (κ1) is 17.9. The van der Waals surface area contributed by atoms with Gasteiger partial charge in [-0.05, 0) is 26.3 Å². The lowest BCUT2D eigenvalue weighted by atomic mass is 10.0. The van der Waals surface area contributed by atoms with Gasteiger partial charge in [-0.15, -0.1) is 0 Å². The molecular formula is C16H35NO. The quantitative estimate of drug-likeness (QED) is 0.489. The molecule has 2 nitrogen and oxygen atoms in total. The maximum absolute atomic E-state index is 5.36. The predicted octanol–water partition coefficient (Wildman–Crippen LogP) is 4.53. The van der Waals surface area contributed by atoms with Gasteiger partial charge in [0.2, 0.25) is 0 Å². The molecule has 18 heavy (non-hydrogen) atoms. The minimum Gasteiger partial charge on any atom is -0.382 e. The third-order valence-electron chi connectivity index (χ3n) is 3.67. The van der Waals surface area contributed by atoms with Crippen molar-refractivity contribution in [2.24, 2.45) is 0 Å². The van der Waals surface area contributed by atoms with E-state index in [0.29, 0.717) is 12.1 Å². The second kappa shape index (κ2) is 13.4. The molecule has 0 saturated heterocycles. The maximum Gasteiger partial charge on any atom is 0.0558 e. The van der Waals surface area contributed by atoms with Crippen LogP contribution in [0.2, 0.25) is 0 Å². The number of ether oxygens (including phenoxy) is 1. The first-order valence-electron chi connectivity index (χ1n) is 8.00. The molecule has 2 unspecified atom stereocenters. The zero-order valence-electron chi connectivity index (χ0n) is 13.1. The molecule has 0 rings (SSSR count). The predicted molar refractivity (Wildman–Crippen MR) is 81.2 cm³/mol. The van der Waals surface area contributed by atoms with Crippen molar-refractivity contribution < 1.29 is 4.74 Å². The lowest BCUT2D eigenvalue weighted by Gasteiger charge is -2.21. The van der Waals surface area contributed by atoms with Crippen LogP contribution in [0.1, 0.15) is 78.6 Å². The van der Waals surface area contributed by atoms with Crippen LogP contribution in [0.4, 0.5) is 0 Å². The number of unbranched alkanes of at least 4 members (excludes halogenated alkanes) is 6. The Labute approximate surface area is 115 Å². The van der Waals surface area contributed by atoms with E-state index in [2.05, 4.69) is 26.1 Å². The first-order chi connectivity index (χ1) is 8.74. The Morgan fingerprint density at radius 3 is 2.11 bits per heavy atom. The van der Waals surface area contributed by atoms with Crippen LogP contribution in [-0.2, 0) is 4.74 Å². The highest BCUT2D eigenvalue weighted by Gasteiger charge is 2.11. The summed E-state index contributed by atoms with van der Waals surface area (Å²) in [5.74, 6) is 0. The fraction of sp³-hybridized carbons (Fsp3) is 1.00. The average molecular weight is 257 g/mol. The number of rotatable bonds is 13. The SMILES string of the molecule is CCCCCCCCCC(CC(C)OC)NCC. The maximum atomic E-state index is 5.36. The summed E-state index contributed by atoms with van der Waals surface area (Å²) < 4.78 is 5.36. The molecule has 0 heterocycles. The molecule has 0 aliphatic carbocycles. The molecule has 0 aromatic heterocycles. The van der Waals surface area contributed by atoms with Gasteiger partial charge < -0.3 is 10.1 Å². The number of nitrogens with one attached hydrogen (secondary N) is 1. The van der Waals surface area contributed by atoms with E-state index in [4.69, 9.17) is 4.74 Å². The fourth-order valence-corrected chi connectivity index (χ4v) is 2.44. The second-order valence-electron chi connectivity index (χ2n) is 5.45. The lowest BCUT2D eigenvalue weighted by molar-refractivity contribution is 0.0991. The number of hydrogen-bond donors (Lipinski definition) is 1. The molecule has 0 saturated carbocycles. The van der Waals surface area contributed by atoms with E-state index in [1.807, 2.05) is 0 Å². The Morgan fingerprint density at radius 1 is 0.944 bits per heavy atom. The lowest BCUT2D eigenvalue weighted by Crippen LogP contribution is -2.32. The Hall–Kier alpha value is -0.0800. The van der Waals surface area contributed by atoms with Crippen LogP contribution in [0.25, 0.3) is 0 Å². The van der Waals surface area contributed by atoms with Crippen molar-refractivity contribution in [2.45, 2.75) is 90.7 Å². The Bertz CT molecular complexity index is 161. The van der Waals surface area contributed by atoms with E-state index < -0.39 is 0 Å². The van der Waals surface area contributed by atoms with Gasteiger partial charge in [0.25, 0.3) is 0 Å². The number of methoxy groups -OCH3 is 1. The van der Waals surface area contributed by atoms with E-state index in [9.17, 15) is 0 Å². The van der Waals surface area contributed by atoms with Crippen LogP contribution in [0, 0.1) is 0 Å². The normalized spacial score (nSPS) is 14.7. The van der Waals surface area contributed by atoms with E-state index >= 15 is 0 Å². The molecule has 0 aliphatic rings. The van der Waals surface area contributed by atoms with Crippen molar-refractivity contribution in [1.82, 2.24) is 5.32 Å². The van der Waals surface area contributed by atoms with Crippen LogP contribution >= 0.6 is 0 Å². The molecule has 0 amide bonds. The van der Waals surface area contributed by atoms with E-state index in [0.717, 1.165) is 13.0 Å². The third-order valence-corrected chi connectivity index (χ3v) is 3.67. The van der Waals surface area contributed by atoms with Crippen LogP contribution in [0.15, 0.2) is 0 Å². The molecule has 2 atom stereocenters. The fourth-order valence-electron chi connectivity index (χ4n) is 2.44. The first-order valence-corrected chi connectivity index (χ1v) is 8.00. The van der Waals surface area contributed by atoms with Crippen molar-refractivity contribution in [1.29, 1.82) is 0 Å². The third kappa shape index (κ3) is 11.0. The van der Waals surface area contributed by atoms with Crippen LogP contribution < -0.4 is 5.32 Å². The Balaban J connectivity index is 3.51. The molecule has 0 bridgehead atoms. The summed E-state index contributed by atoms with van der Waals surface area (Å²) in [7, 11) is 1.81. The molecule has 110 valence electrons. The Kier molecular flexibility index (Phi) is 13.3. The van der Waals surface area contributed by atoms with Crippen molar-refractivity contribution in [3.63, 3.8) is 0 Å². The summed E-state index contributed by atoms with van der Waals surface area (Å²) in [6, 6.07) is 0.639. The van der Waals surface area contributed by atoms with Gasteiger partial charge in [-0.3, -0.25) is 0 Å². The summed E-state index contributed by atoms with van der Waals surface area (Å²) in [6.45, 7) is 7.69. The van der Waals surface area contributed by atoms with Crippen molar-refractivity contribution in [3.8, 4) is 0 Å². The summed E-state index contributed by atoms with van der Waals surface area (Å²) in [4.78, 5) is 0. The summed E-state index contributed by atoms with van der Waals surface area (Å²) in [6.07, 6.45) is 12.6. The number of hydrogen-bond acceptors (Lipinski definition) is 2. The molecule has 1 N–H and O–H groups in total. The molecule has 0 spiro atoms. The van der Waals surface area contributed by atoms with Crippen LogP contribution in [-0.4, -0.2) is 25.8 Å². The van der Waals surface area contributed by atoms with Gasteiger partial charge in [-0.25, -0.2) is 0 Å². The second-order valence-corrected chi connectivity index (χ2v) is 5.45. The van der Waals surface area contributed by atoms with Gasteiger partial charge in [-0.1, -0.05) is 58.8 Å². The van der Waals surface area contributed by atoms with Gasteiger partial charge in [0.05, 0.1) is 6.10 Å².